The zero-order valence-corrected chi connectivity index (χ0v) is 6.90. The minimum atomic E-state index is -1.24. The topological polar surface area (TPSA) is 102 Å². The maximum Gasteiger partial charge on any atom is 0.405 e. The molecule has 0 spiro atoms. The first-order chi connectivity index (χ1) is 5.49. The van der Waals surface area contributed by atoms with Gasteiger partial charge in [0.25, 0.3) is 5.91 Å². The van der Waals surface area contributed by atoms with Crippen LogP contribution in [0.4, 0.5) is 4.79 Å². The van der Waals surface area contributed by atoms with Gasteiger partial charge >= 0.3 is 6.09 Å². The summed E-state index contributed by atoms with van der Waals surface area (Å²) in [6.07, 6.45) is -3.42. The molecule has 6 nitrogen and oxygen atoms in total. The van der Waals surface area contributed by atoms with Gasteiger partial charge in [-0.3, -0.25) is 4.79 Å². The summed E-state index contributed by atoms with van der Waals surface area (Å²) in [5.41, 5.74) is 4.67. The lowest BCUT2D eigenvalue weighted by atomic mass is 10.2. The molecule has 0 aromatic carbocycles. The summed E-state index contributed by atoms with van der Waals surface area (Å²) < 4.78 is 4.34. The number of carbonyl (C=O) groups excluding carboxylic acids is 2. The number of hydrogen-bond donors (Lipinski definition) is 3. The van der Waals surface area contributed by atoms with Crippen LogP contribution in [-0.2, 0) is 9.53 Å². The maximum absolute atomic E-state index is 10.9. The van der Waals surface area contributed by atoms with Crippen LogP contribution in [0, 0.1) is 0 Å². The number of nitrogens with one attached hydrogen (secondary N) is 1. The van der Waals surface area contributed by atoms with Gasteiger partial charge in [-0.25, -0.2) is 4.79 Å². The maximum atomic E-state index is 10.9. The van der Waals surface area contributed by atoms with E-state index >= 15 is 0 Å². The van der Waals surface area contributed by atoms with Crippen LogP contribution in [0.15, 0.2) is 0 Å². The van der Waals surface area contributed by atoms with Crippen molar-refractivity contribution in [2.75, 3.05) is 7.05 Å². The van der Waals surface area contributed by atoms with Crippen molar-refractivity contribution in [2.45, 2.75) is 19.1 Å². The predicted octanol–water partition coefficient (Wildman–Crippen LogP) is -1.42. The fraction of sp³-hybridized carbons (Fsp3) is 0.667. The number of primary amides is 1. The molecule has 6 heteroatoms. The Morgan fingerprint density at radius 3 is 2.33 bits per heavy atom. The van der Waals surface area contributed by atoms with Gasteiger partial charge in [0.05, 0.1) is 6.10 Å². The molecule has 0 saturated carbocycles. The van der Waals surface area contributed by atoms with E-state index in [4.69, 9.17) is 5.11 Å². The largest absolute Gasteiger partial charge is 0.433 e. The van der Waals surface area contributed by atoms with Crippen molar-refractivity contribution in [3.05, 3.63) is 0 Å². The number of likely N-dealkylation sites (N-methyl/N-ethyl adjacent to an activating group) is 1. The summed E-state index contributed by atoms with van der Waals surface area (Å²) in [7, 11) is 1.36. The third kappa shape index (κ3) is 3.20. The summed E-state index contributed by atoms with van der Waals surface area (Å²) >= 11 is 0. The van der Waals surface area contributed by atoms with Crippen LogP contribution in [0.5, 0.6) is 0 Å². The molecule has 12 heavy (non-hydrogen) atoms. The Balaban J connectivity index is 4.23. The van der Waals surface area contributed by atoms with Crippen molar-refractivity contribution in [2.24, 2.45) is 5.73 Å². The Kier molecular flexibility index (Phi) is 4.06. The molecular formula is C6H12N2O4. The van der Waals surface area contributed by atoms with Crippen LogP contribution in [0.25, 0.3) is 0 Å². The van der Waals surface area contributed by atoms with Crippen LogP contribution in [0.3, 0.4) is 0 Å². The minimum Gasteiger partial charge on any atom is -0.433 e. The molecule has 2 amide bonds. The molecule has 0 aromatic rings. The molecule has 70 valence electrons. The molecular weight excluding hydrogens is 164 g/mol. The van der Waals surface area contributed by atoms with Gasteiger partial charge in [-0.2, -0.15) is 0 Å². The zero-order valence-electron chi connectivity index (χ0n) is 6.90. The second-order valence-corrected chi connectivity index (χ2v) is 2.21. The highest BCUT2D eigenvalue weighted by atomic mass is 16.6. The van der Waals surface area contributed by atoms with Gasteiger partial charge in [-0.15, -0.1) is 0 Å². The highest BCUT2D eigenvalue weighted by Crippen LogP contribution is 1.98. The quantitative estimate of drug-likeness (QED) is 0.491. The van der Waals surface area contributed by atoms with Crippen LogP contribution in [0.2, 0.25) is 0 Å². The SMILES string of the molecule is CNC(=O)C(OC(N)=O)C(C)O. The number of carbonyl (C=O) groups is 2. The Morgan fingerprint density at radius 1 is 1.58 bits per heavy atom. The first-order valence-electron chi connectivity index (χ1n) is 3.34. The van der Waals surface area contributed by atoms with Crippen molar-refractivity contribution in [3.8, 4) is 0 Å². The first kappa shape index (κ1) is 10.7. The third-order valence-electron chi connectivity index (χ3n) is 1.19. The van der Waals surface area contributed by atoms with E-state index in [1.54, 1.807) is 0 Å². The Hall–Kier alpha value is -1.30. The molecule has 0 aromatic heterocycles. The molecule has 0 aliphatic rings. The summed E-state index contributed by atoms with van der Waals surface area (Å²) in [5, 5.41) is 11.2. The highest BCUT2D eigenvalue weighted by molar-refractivity contribution is 5.83. The van der Waals surface area contributed by atoms with Crippen molar-refractivity contribution < 1.29 is 19.4 Å². The Morgan fingerprint density at radius 2 is 2.08 bits per heavy atom. The molecule has 0 bridgehead atoms. The molecule has 2 unspecified atom stereocenters. The number of nitrogens with two attached hydrogens (primary N) is 1. The summed E-state index contributed by atoms with van der Waals surface area (Å²) in [6, 6.07) is 0. The van der Waals surface area contributed by atoms with Gasteiger partial charge in [0, 0.05) is 7.05 Å². The van der Waals surface area contributed by atoms with E-state index in [1.165, 1.54) is 14.0 Å². The van der Waals surface area contributed by atoms with Crippen molar-refractivity contribution in [1.82, 2.24) is 5.32 Å². The fourth-order valence-electron chi connectivity index (χ4n) is 0.638. The van der Waals surface area contributed by atoms with E-state index in [1.807, 2.05) is 0 Å². The van der Waals surface area contributed by atoms with E-state index < -0.39 is 24.2 Å². The summed E-state index contributed by atoms with van der Waals surface area (Å²) in [6.45, 7) is 1.32. The van der Waals surface area contributed by atoms with E-state index in [-0.39, 0.29) is 0 Å². The molecule has 0 heterocycles. The van der Waals surface area contributed by atoms with Crippen molar-refractivity contribution in [1.29, 1.82) is 0 Å². The number of aliphatic hydroxyl groups is 1. The van der Waals surface area contributed by atoms with E-state index in [9.17, 15) is 9.59 Å². The standard InChI is InChI=1S/C6H12N2O4/c1-3(9)4(5(10)8-2)12-6(7)11/h3-4,9H,1-2H3,(H2,7,11)(H,8,10). The van der Waals surface area contributed by atoms with Gasteiger partial charge in [0.15, 0.2) is 0 Å². The Labute approximate surface area is 69.7 Å². The minimum absolute atomic E-state index is 0.594. The fourth-order valence-corrected chi connectivity index (χ4v) is 0.638. The van der Waals surface area contributed by atoms with Gasteiger partial charge in [0.2, 0.25) is 6.10 Å². The lowest BCUT2D eigenvalue weighted by Crippen LogP contribution is -2.43. The van der Waals surface area contributed by atoms with Gasteiger partial charge in [-0.05, 0) is 6.92 Å². The number of amides is 2. The zero-order chi connectivity index (χ0) is 9.72. The molecule has 0 aliphatic carbocycles. The first-order valence-corrected chi connectivity index (χ1v) is 3.34. The van der Waals surface area contributed by atoms with Gasteiger partial charge < -0.3 is 20.9 Å². The van der Waals surface area contributed by atoms with Crippen LogP contribution < -0.4 is 11.1 Å². The van der Waals surface area contributed by atoms with Crippen LogP contribution in [0.1, 0.15) is 6.92 Å². The molecule has 2 atom stereocenters. The lowest BCUT2D eigenvalue weighted by Gasteiger charge is -2.16. The number of hydrogen-bond acceptors (Lipinski definition) is 4. The number of ether oxygens (including phenoxy) is 1. The van der Waals surface area contributed by atoms with E-state index in [0.717, 1.165) is 0 Å². The number of aliphatic hydroxyl groups excluding tert-OH is 1. The molecule has 0 aliphatic heterocycles. The molecule has 4 N–H and O–H groups in total. The number of rotatable bonds is 3. The molecule has 0 saturated heterocycles. The van der Waals surface area contributed by atoms with Crippen LogP contribution in [-0.4, -0.2) is 36.4 Å². The molecule has 0 fully saturated rings. The average molecular weight is 176 g/mol. The second kappa shape index (κ2) is 4.55. The van der Waals surface area contributed by atoms with Crippen molar-refractivity contribution in [3.63, 3.8) is 0 Å². The van der Waals surface area contributed by atoms with E-state index in [0.29, 0.717) is 0 Å². The molecule has 0 rings (SSSR count). The van der Waals surface area contributed by atoms with Gasteiger partial charge in [-0.1, -0.05) is 0 Å². The van der Waals surface area contributed by atoms with Crippen LogP contribution >= 0.6 is 0 Å². The normalized spacial score (nSPS) is 14.6. The summed E-state index contributed by atoms with van der Waals surface area (Å²) in [4.78, 5) is 21.1. The smallest absolute Gasteiger partial charge is 0.405 e. The van der Waals surface area contributed by atoms with E-state index in [2.05, 4.69) is 15.8 Å². The van der Waals surface area contributed by atoms with Gasteiger partial charge in [0.1, 0.15) is 0 Å². The second-order valence-electron chi connectivity index (χ2n) is 2.21. The molecule has 0 radical (unpaired) electrons. The highest BCUT2D eigenvalue weighted by Gasteiger charge is 2.25. The monoisotopic (exact) mass is 176 g/mol. The Bertz CT molecular complexity index is 180. The lowest BCUT2D eigenvalue weighted by molar-refractivity contribution is -0.133. The predicted molar refractivity (Wildman–Crippen MR) is 40.2 cm³/mol. The van der Waals surface area contributed by atoms with Crippen molar-refractivity contribution >= 4 is 12.0 Å². The summed E-state index contributed by atoms with van der Waals surface area (Å²) in [5.74, 6) is -0.594. The average Bonchev–Trinajstić information content (AvgIpc) is 1.98. The third-order valence-corrected chi connectivity index (χ3v) is 1.19.